The zero-order valence-corrected chi connectivity index (χ0v) is 13.8. The quantitative estimate of drug-likeness (QED) is 0.808. The van der Waals surface area contributed by atoms with Crippen LogP contribution in [0.3, 0.4) is 0 Å². The lowest BCUT2D eigenvalue weighted by atomic mass is 10.1. The van der Waals surface area contributed by atoms with Gasteiger partial charge in [-0.25, -0.2) is 4.39 Å². The van der Waals surface area contributed by atoms with Crippen LogP contribution in [-0.4, -0.2) is 16.8 Å². The van der Waals surface area contributed by atoms with Gasteiger partial charge in [-0.05, 0) is 67.0 Å². The van der Waals surface area contributed by atoms with Crippen molar-refractivity contribution in [1.82, 2.24) is 4.90 Å². The molecule has 0 bridgehead atoms. The van der Waals surface area contributed by atoms with E-state index in [9.17, 15) is 9.18 Å². The number of hydrogen-bond acceptors (Lipinski definition) is 2. The topological polar surface area (TPSA) is 33.5 Å². The third kappa shape index (κ3) is 3.73. The van der Waals surface area contributed by atoms with Gasteiger partial charge < -0.3 is 9.32 Å². The van der Waals surface area contributed by atoms with E-state index in [0.29, 0.717) is 12.1 Å². The van der Waals surface area contributed by atoms with E-state index in [1.165, 1.54) is 18.2 Å². The molecule has 0 radical (unpaired) electrons. The predicted molar refractivity (Wildman–Crippen MR) is 82.6 cm³/mol. The number of aryl methyl sites for hydroxylation is 1. The van der Waals surface area contributed by atoms with Crippen molar-refractivity contribution in [2.24, 2.45) is 0 Å². The highest BCUT2D eigenvalue weighted by Gasteiger charge is 2.21. The standard InChI is InChI=1S/C16H17BrFNO2/c1-10(2)19(9-13-6-4-11(3)21-13)16(20)12-5-7-15(18)14(17)8-12/h4-8,10H,9H2,1-3H3. The van der Waals surface area contributed by atoms with Gasteiger partial charge in [0, 0.05) is 11.6 Å². The largest absolute Gasteiger partial charge is 0.464 e. The Morgan fingerprint density at radius 3 is 2.57 bits per heavy atom. The summed E-state index contributed by atoms with van der Waals surface area (Å²) < 4.78 is 19.1. The number of carbonyl (C=O) groups is 1. The zero-order valence-electron chi connectivity index (χ0n) is 12.2. The summed E-state index contributed by atoms with van der Waals surface area (Å²) in [6, 6.07) is 8.01. The summed E-state index contributed by atoms with van der Waals surface area (Å²) >= 11 is 3.11. The normalized spacial score (nSPS) is 11.0. The maximum atomic E-state index is 13.3. The average Bonchev–Trinajstić information content (AvgIpc) is 2.83. The van der Waals surface area contributed by atoms with E-state index >= 15 is 0 Å². The lowest BCUT2D eigenvalue weighted by molar-refractivity contribution is 0.0675. The SMILES string of the molecule is Cc1ccc(CN(C(=O)c2ccc(F)c(Br)c2)C(C)C)o1. The smallest absolute Gasteiger partial charge is 0.254 e. The highest BCUT2D eigenvalue weighted by molar-refractivity contribution is 9.10. The lowest BCUT2D eigenvalue weighted by Crippen LogP contribution is -2.36. The molecule has 0 aliphatic carbocycles. The number of benzene rings is 1. The minimum absolute atomic E-state index is 0.00624. The van der Waals surface area contributed by atoms with Crippen LogP contribution in [0.4, 0.5) is 4.39 Å². The van der Waals surface area contributed by atoms with Crippen LogP contribution in [-0.2, 0) is 6.54 Å². The van der Waals surface area contributed by atoms with Gasteiger partial charge in [-0.15, -0.1) is 0 Å². The maximum absolute atomic E-state index is 13.3. The Kier molecular flexibility index (Phi) is 4.83. The van der Waals surface area contributed by atoms with Gasteiger partial charge in [0.1, 0.15) is 17.3 Å². The van der Waals surface area contributed by atoms with Gasteiger partial charge in [0.2, 0.25) is 0 Å². The summed E-state index contributed by atoms with van der Waals surface area (Å²) in [5, 5.41) is 0. The fraction of sp³-hybridized carbons (Fsp3) is 0.312. The summed E-state index contributed by atoms with van der Waals surface area (Å²) in [5.41, 5.74) is 0.445. The molecular formula is C16H17BrFNO2. The van der Waals surface area contributed by atoms with Gasteiger partial charge >= 0.3 is 0 Å². The summed E-state index contributed by atoms with van der Waals surface area (Å²) in [6.07, 6.45) is 0. The molecule has 1 amide bonds. The molecule has 0 saturated heterocycles. The van der Waals surface area contributed by atoms with Gasteiger partial charge in [0.05, 0.1) is 11.0 Å². The monoisotopic (exact) mass is 353 g/mol. The molecule has 0 N–H and O–H groups in total. The van der Waals surface area contributed by atoms with Crippen LogP contribution in [0, 0.1) is 12.7 Å². The molecule has 0 aliphatic heterocycles. The summed E-state index contributed by atoms with van der Waals surface area (Å²) in [5.74, 6) is 1.01. The van der Waals surface area contributed by atoms with Crippen LogP contribution in [0.2, 0.25) is 0 Å². The van der Waals surface area contributed by atoms with Crippen molar-refractivity contribution in [1.29, 1.82) is 0 Å². The molecule has 0 spiro atoms. The van der Waals surface area contributed by atoms with Crippen molar-refractivity contribution in [3.8, 4) is 0 Å². The maximum Gasteiger partial charge on any atom is 0.254 e. The Hall–Kier alpha value is -1.62. The summed E-state index contributed by atoms with van der Waals surface area (Å²) in [6.45, 7) is 6.12. The van der Waals surface area contributed by atoms with Gasteiger partial charge in [-0.2, -0.15) is 0 Å². The Bertz CT molecular complexity index is 651. The minimum atomic E-state index is -0.385. The molecular weight excluding hydrogens is 337 g/mol. The van der Waals surface area contributed by atoms with E-state index < -0.39 is 0 Å². The second-order valence-electron chi connectivity index (χ2n) is 5.17. The molecule has 1 aromatic heterocycles. The van der Waals surface area contributed by atoms with Crippen molar-refractivity contribution in [2.75, 3.05) is 0 Å². The van der Waals surface area contributed by atoms with Gasteiger partial charge in [0.15, 0.2) is 0 Å². The molecule has 1 heterocycles. The molecule has 0 unspecified atom stereocenters. The third-order valence-electron chi connectivity index (χ3n) is 3.17. The number of amides is 1. The Balaban J connectivity index is 2.24. The number of hydrogen-bond donors (Lipinski definition) is 0. The molecule has 2 rings (SSSR count). The van der Waals surface area contributed by atoms with Gasteiger partial charge in [-0.1, -0.05) is 0 Å². The highest BCUT2D eigenvalue weighted by atomic mass is 79.9. The third-order valence-corrected chi connectivity index (χ3v) is 3.78. The molecule has 112 valence electrons. The van der Waals surface area contributed by atoms with Crippen molar-refractivity contribution < 1.29 is 13.6 Å². The van der Waals surface area contributed by atoms with E-state index in [1.54, 1.807) is 4.90 Å². The van der Waals surface area contributed by atoms with Crippen molar-refractivity contribution in [3.05, 3.63) is 57.7 Å². The highest BCUT2D eigenvalue weighted by Crippen LogP contribution is 2.20. The van der Waals surface area contributed by atoms with Crippen molar-refractivity contribution in [2.45, 2.75) is 33.4 Å². The lowest BCUT2D eigenvalue weighted by Gasteiger charge is -2.26. The zero-order chi connectivity index (χ0) is 15.6. The van der Waals surface area contributed by atoms with Crippen LogP contribution >= 0.6 is 15.9 Å². The molecule has 0 saturated carbocycles. The predicted octanol–water partition coefficient (Wildman–Crippen LogP) is 4.54. The summed E-state index contributed by atoms with van der Waals surface area (Å²) in [7, 11) is 0. The van der Waals surface area contributed by atoms with Crippen LogP contribution < -0.4 is 0 Å². The van der Waals surface area contributed by atoms with E-state index in [-0.39, 0.29) is 22.2 Å². The number of rotatable bonds is 4. The first-order chi connectivity index (χ1) is 9.88. The van der Waals surface area contributed by atoms with Crippen LogP contribution in [0.25, 0.3) is 0 Å². The molecule has 2 aromatic rings. The molecule has 1 aromatic carbocycles. The van der Waals surface area contributed by atoms with Crippen LogP contribution in [0.1, 0.15) is 35.7 Å². The fourth-order valence-electron chi connectivity index (χ4n) is 2.02. The average molecular weight is 354 g/mol. The second kappa shape index (κ2) is 6.43. The van der Waals surface area contributed by atoms with Gasteiger partial charge in [-0.3, -0.25) is 4.79 Å². The van der Waals surface area contributed by atoms with E-state index in [1.807, 2.05) is 32.9 Å². The molecule has 5 heteroatoms. The number of nitrogens with zero attached hydrogens (tertiary/aromatic N) is 1. The van der Waals surface area contributed by atoms with E-state index in [0.717, 1.165) is 11.5 Å². The minimum Gasteiger partial charge on any atom is -0.464 e. The molecule has 0 fully saturated rings. The second-order valence-corrected chi connectivity index (χ2v) is 6.02. The van der Waals surface area contributed by atoms with Crippen LogP contribution in [0.15, 0.2) is 39.2 Å². The Labute approximate surface area is 131 Å². The number of carbonyl (C=O) groups excluding carboxylic acids is 1. The Morgan fingerprint density at radius 1 is 1.33 bits per heavy atom. The van der Waals surface area contributed by atoms with E-state index in [4.69, 9.17) is 4.42 Å². The first-order valence-corrected chi connectivity index (χ1v) is 7.49. The van der Waals surface area contributed by atoms with Gasteiger partial charge in [0.25, 0.3) is 5.91 Å². The molecule has 3 nitrogen and oxygen atoms in total. The number of furan rings is 1. The molecule has 0 atom stereocenters. The van der Waals surface area contributed by atoms with Crippen molar-refractivity contribution in [3.63, 3.8) is 0 Å². The summed E-state index contributed by atoms with van der Waals surface area (Å²) in [4.78, 5) is 14.3. The molecule has 0 aliphatic rings. The number of halogens is 2. The fourth-order valence-corrected chi connectivity index (χ4v) is 2.40. The molecule has 21 heavy (non-hydrogen) atoms. The van der Waals surface area contributed by atoms with Crippen molar-refractivity contribution >= 4 is 21.8 Å². The first-order valence-electron chi connectivity index (χ1n) is 6.70. The first kappa shape index (κ1) is 15.8. The van der Waals surface area contributed by atoms with E-state index in [2.05, 4.69) is 15.9 Å². The Morgan fingerprint density at radius 2 is 2.05 bits per heavy atom. The van der Waals surface area contributed by atoms with Crippen LogP contribution in [0.5, 0.6) is 0 Å².